The first-order valence-corrected chi connectivity index (χ1v) is 12.3. The molecule has 7 nitrogen and oxygen atoms in total. The molecule has 2 aromatic carbocycles. The number of halogens is 1. The van der Waals surface area contributed by atoms with Crippen LogP contribution in [0.1, 0.15) is 34.0 Å². The van der Waals surface area contributed by atoms with Gasteiger partial charge in [0.2, 0.25) is 0 Å². The number of benzene rings is 2. The molecule has 0 radical (unpaired) electrons. The maximum Gasteiger partial charge on any atom is 0.351 e. The van der Waals surface area contributed by atoms with E-state index in [-0.39, 0.29) is 10.8 Å². The van der Waals surface area contributed by atoms with Crippen LogP contribution >= 0.6 is 22.9 Å². The molecule has 0 aliphatic carbocycles. The molecule has 5 aromatic rings. The minimum atomic E-state index is -0.527. The molecule has 3 heterocycles. The van der Waals surface area contributed by atoms with Gasteiger partial charge in [-0.1, -0.05) is 35.9 Å². The summed E-state index contributed by atoms with van der Waals surface area (Å²) in [7, 11) is 1.33. The minimum Gasteiger partial charge on any atom is -0.506 e. The topological polar surface area (TPSA) is 86.5 Å². The van der Waals surface area contributed by atoms with E-state index in [0.29, 0.717) is 16.2 Å². The zero-order valence-electron chi connectivity index (χ0n) is 19.7. The van der Waals surface area contributed by atoms with Crippen LogP contribution in [0.25, 0.3) is 27.2 Å². The molecular weight excluding hydrogens is 498 g/mol. The Balaban J connectivity index is 1.51. The highest BCUT2D eigenvalue weighted by atomic mass is 35.5. The summed E-state index contributed by atoms with van der Waals surface area (Å²) in [6, 6.07) is 16.8. The number of thiophene rings is 1. The molecule has 5 rings (SSSR count). The van der Waals surface area contributed by atoms with Crippen molar-refractivity contribution < 1.29 is 19.4 Å². The fourth-order valence-corrected chi connectivity index (χ4v) is 5.19. The Morgan fingerprint density at radius 3 is 2.67 bits per heavy atom. The number of fused-ring (bicyclic) bond motifs is 1. The molecule has 0 spiro atoms. The third-order valence-corrected chi connectivity index (χ3v) is 7.34. The number of methoxy groups -OCH3 is 1. The zero-order chi connectivity index (χ0) is 25.4. The highest BCUT2D eigenvalue weighted by Gasteiger charge is 2.23. The summed E-state index contributed by atoms with van der Waals surface area (Å²) in [5.41, 5.74) is 5.28. The van der Waals surface area contributed by atoms with Crippen LogP contribution in [0.15, 0.2) is 67.1 Å². The summed E-state index contributed by atoms with van der Waals surface area (Å²) in [5, 5.41) is 10.9. The number of hydrogen-bond donors (Lipinski definition) is 1. The fraction of sp³-hybridized carbons (Fsp3) is 0.148. The van der Waals surface area contributed by atoms with Gasteiger partial charge in [-0.25, -0.2) is 9.78 Å². The highest BCUT2D eigenvalue weighted by Crippen LogP contribution is 2.39. The molecular formula is C27H22ClN3O4S. The Kier molecular flexibility index (Phi) is 6.38. The van der Waals surface area contributed by atoms with E-state index in [0.717, 1.165) is 32.9 Å². The number of carbonyl (C=O) groups is 1. The van der Waals surface area contributed by atoms with E-state index in [9.17, 15) is 9.90 Å². The number of imidazole rings is 1. The molecule has 1 atom stereocenters. The molecule has 0 saturated carbocycles. The largest absolute Gasteiger partial charge is 0.506 e. The number of aromatic nitrogens is 3. The van der Waals surface area contributed by atoms with E-state index >= 15 is 0 Å². The number of hydrogen-bond acceptors (Lipinski definition) is 7. The first kappa shape index (κ1) is 23.8. The summed E-state index contributed by atoms with van der Waals surface area (Å²) in [6.07, 6.45) is 3.04. The molecule has 1 unspecified atom stereocenters. The van der Waals surface area contributed by atoms with Gasteiger partial charge < -0.3 is 14.6 Å². The molecule has 0 bridgehead atoms. The number of aryl methyl sites for hydroxylation is 1. The summed E-state index contributed by atoms with van der Waals surface area (Å²) in [4.78, 5) is 21.8. The molecule has 0 saturated heterocycles. The van der Waals surface area contributed by atoms with Crippen molar-refractivity contribution in [2.45, 2.75) is 20.0 Å². The summed E-state index contributed by atoms with van der Waals surface area (Å²) in [6.45, 7) is 3.75. The van der Waals surface area contributed by atoms with Crippen molar-refractivity contribution in [3.05, 3.63) is 88.3 Å². The van der Waals surface area contributed by atoms with Crippen LogP contribution in [-0.4, -0.2) is 32.7 Å². The number of carbonyl (C=O) groups excluding carboxylic acids is 1. The van der Waals surface area contributed by atoms with Crippen molar-refractivity contribution in [1.82, 2.24) is 14.5 Å². The fourth-order valence-electron chi connectivity index (χ4n) is 3.91. The van der Waals surface area contributed by atoms with Crippen LogP contribution in [0.4, 0.5) is 0 Å². The second-order valence-corrected chi connectivity index (χ2v) is 9.62. The lowest BCUT2D eigenvalue weighted by molar-refractivity contribution is 0.0600. The molecule has 0 aliphatic heterocycles. The van der Waals surface area contributed by atoms with Crippen molar-refractivity contribution in [2.75, 3.05) is 7.11 Å². The highest BCUT2D eigenvalue weighted by molar-refractivity contribution is 7.16. The summed E-state index contributed by atoms with van der Waals surface area (Å²) in [5.74, 6) is -0.179. The Labute approximate surface area is 216 Å². The minimum absolute atomic E-state index is 0.0329. The first-order valence-electron chi connectivity index (χ1n) is 11.1. The number of nitrogens with zero attached hydrogens (tertiary/aromatic N) is 3. The predicted octanol–water partition coefficient (Wildman–Crippen LogP) is 6.74. The Morgan fingerprint density at radius 2 is 1.92 bits per heavy atom. The van der Waals surface area contributed by atoms with Gasteiger partial charge in [-0.15, -0.1) is 11.3 Å². The van der Waals surface area contributed by atoms with Crippen molar-refractivity contribution in [1.29, 1.82) is 0 Å². The van der Waals surface area contributed by atoms with Gasteiger partial charge in [-0.2, -0.15) is 0 Å². The van der Waals surface area contributed by atoms with Crippen LogP contribution < -0.4 is 4.74 Å². The van der Waals surface area contributed by atoms with Gasteiger partial charge in [0.1, 0.15) is 28.9 Å². The Morgan fingerprint density at radius 1 is 1.11 bits per heavy atom. The van der Waals surface area contributed by atoms with E-state index in [1.807, 2.05) is 48.0 Å². The van der Waals surface area contributed by atoms with E-state index in [1.165, 1.54) is 24.5 Å². The molecule has 9 heteroatoms. The zero-order valence-corrected chi connectivity index (χ0v) is 21.3. The SMILES string of the molecule is COC(=O)c1sc(-n2cnc3cc(-c4ccc(C)nc4)ccc32)cc1OC(C)c1cccc(O)c1Cl. The maximum absolute atomic E-state index is 12.6. The van der Waals surface area contributed by atoms with Gasteiger partial charge in [-0.05, 0) is 43.7 Å². The van der Waals surface area contributed by atoms with E-state index in [4.69, 9.17) is 21.1 Å². The first-order chi connectivity index (χ1) is 17.4. The molecule has 0 aliphatic rings. The molecule has 3 aromatic heterocycles. The standard InChI is InChI=1S/C27H22ClN3O4S/c1-15-7-8-18(13-29-15)17-9-10-21-20(11-17)30-14-31(21)24-12-23(26(36-24)27(33)34-3)35-16(2)19-5-4-6-22(32)25(19)28/h4-14,16,32H,1-3H3. The van der Waals surface area contributed by atoms with Crippen molar-refractivity contribution >= 4 is 39.9 Å². The van der Waals surface area contributed by atoms with E-state index in [1.54, 1.807) is 31.5 Å². The normalized spacial score (nSPS) is 12.0. The lowest BCUT2D eigenvalue weighted by atomic mass is 10.1. The average Bonchev–Trinajstić information content (AvgIpc) is 3.49. The maximum atomic E-state index is 12.6. The number of ether oxygens (including phenoxy) is 2. The van der Waals surface area contributed by atoms with Crippen LogP contribution in [0, 0.1) is 6.92 Å². The third-order valence-electron chi connectivity index (χ3n) is 5.84. The van der Waals surface area contributed by atoms with Crippen molar-refractivity contribution in [3.8, 4) is 27.6 Å². The number of phenolic OH excluding ortho intramolecular Hbond substituents is 1. The summed E-state index contributed by atoms with van der Waals surface area (Å²) >= 11 is 7.51. The van der Waals surface area contributed by atoms with Gasteiger partial charge in [-0.3, -0.25) is 9.55 Å². The Bertz CT molecular complexity index is 1580. The lowest BCUT2D eigenvalue weighted by Gasteiger charge is -2.16. The number of esters is 1. The molecule has 182 valence electrons. The number of pyridine rings is 1. The molecule has 0 fully saturated rings. The number of rotatable bonds is 6. The van der Waals surface area contributed by atoms with Gasteiger partial charge in [0.25, 0.3) is 0 Å². The number of phenols is 1. The van der Waals surface area contributed by atoms with Gasteiger partial charge in [0.15, 0.2) is 4.88 Å². The Hall–Kier alpha value is -3.88. The second kappa shape index (κ2) is 9.64. The van der Waals surface area contributed by atoms with Gasteiger partial charge >= 0.3 is 5.97 Å². The molecule has 1 N–H and O–H groups in total. The smallest absolute Gasteiger partial charge is 0.351 e. The van der Waals surface area contributed by atoms with Crippen LogP contribution in [0.2, 0.25) is 5.02 Å². The molecule has 0 amide bonds. The van der Waals surface area contributed by atoms with Gasteiger partial charge in [0, 0.05) is 29.1 Å². The third kappa shape index (κ3) is 4.41. The monoisotopic (exact) mass is 519 g/mol. The van der Waals surface area contributed by atoms with E-state index < -0.39 is 12.1 Å². The lowest BCUT2D eigenvalue weighted by Crippen LogP contribution is -2.07. The predicted molar refractivity (Wildman–Crippen MR) is 140 cm³/mol. The quantitative estimate of drug-likeness (QED) is 0.250. The summed E-state index contributed by atoms with van der Waals surface area (Å²) < 4.78 is 13.0. The van der Waals surface area contributed by atoms with E-state index in [2.05, 4.69) is 9.97 Å². The van der Waals surface area contributed by atoms with Gasteiger partial charge in [0.05, 0.1) is 23.2 Å². The van der Waals surface area contributed by atoms with Crippen LogP contribution in [0.5, 0.6) is 11.5 Å². The van der Waals surface area contributed by atoms with Crippen molar-refractivity contribution in [2.24, 2.45) is 0 Å². The van der Waals surface area contributed by atoms with Crippen LogP contribution in [-0.2, 0) is 4.74 Å². The average molecular weight is 520 g/mol. The van der Waals surface area contributed by atoms with Crippen LogP contribution in [0.3, 0.4) is 0 Å². The molecule has 36 heavy (non-hydrogen) atoms. The van der Waals surface area contributed by atoms with Crippen molar-refractivity contribution in [3.63, 3.8) is 0 Å². The second-order valence-electron chi connectivity index (χ2n) is 8.22. The number of aromatic hydroxyl groups is 1.